The molecule has 0 bridgehead atoms. The van der Waals surface area contributed by atoms with E-state index in [0.717, 1.165) is 5.41 Å². The first kappa shape index (κ1) is 12.9. The summed E-state index contributed by atoms with van der Waals surface area (Å²) >= 11 is 0. The molecule has 0 aromatic carbocycles. The first-order valence-electron chi connectivity index (χ1n) is 8.21. The molecular formula is C16H30N2. The molecule has 2 saturated carbocycles. The number of rotatable bonds is 2. The van der Waals surface area contributed by atoms with E-state index in [9.17, 15) is 0 Å². The third-order valence-electron chi connectivity index (χ3n) is 5.97. The van der Waals surface area contributed by atoms with Crippen molar-refractivity contribution in [3.05, 3.63) is 0 Å². The highest BCUT2D eigenvalue weighted by atomic mass is 15.2. The van der Waals surface area contributed by atoms with Crippen molar-refractivity contribution in [3.63, 3.8) is 0 Å². The summed E-state index contributed by atoms with van der Waals surface area (Å²) in [4.78, 5) is 2.68. The van der Waals surface area contributed by atoms with E-state index in [-0.39, 0.29) is 5.54 Å². The number of hydrogen-bond acceptors (Lipinski definition) is 2. The van der Waals surface area contributed by atoms with E-state index in [0.29, 0.717) is 0 Å². The molecule has 0 amide bonds. The van der Waals surface area contributed by atoms with Gasteiger partial charge < -0.3 is 10.6 Å². The van der Waals surface area contributed by atoms with Crippen molar-refractivity contribution in [2.24, 2.45) is 11.1 Å². The smallest absolute Gasteiger partial charge is 0.0283 e. The lowest BCUT2D eigenvalue weighted by atomic mass is 9.76. The Morgan fingerprint density at radius 1 is 0.722 bits per heavy atom. The van der Waals surface area contributed by atoms with Crippen molar-refractivity contribution in [3.8, 4) is 0 Å². The monoisotopic (exact) mass is 250 g/mol. The van der Waals surface area contributed by atoms with Gasteiger partial charge in [0.1, 0.15) is 0 Å². The number of piperidine rings is 1. The minimum Gasteiger partial charge on any atom is -0.324 e. The molecule has 3 aliphatic rings. The Bertz CT molecular complexity index is 265. The van der Waals surface area contributed by atoms with Crippen molar-refractivity contribution >= 4 is 0 Å². The van der Waals surface area contributed by atoms with Crippen molar-refractivity contribution in [1.29, 1.82) is 0 Å². The molecule has 1 aliphatic heterocycles. The second kappa shape index (κ2) is 5.13. The number of nitrogens with two attached hydrogens (primary N) is 1. The summed E-state index contributed by atoms with van der Waals surface area (Å²) in [6.45, 7) is 3.81. The van der Waals surface area contributed by atoms with E-state index in [2.05, 4.69) is 4.90 Å². The average molecular weight is 250 g/mol. The molecule has 1 saturated heterocycles. The Morgan fingerprint density at radius 2 is 1.28 bits per heavy atom. The summed E-state index contributed by atoms with van der Waals surface area (Å²) in [5, 5.41) is 0. The van der Waals surface area contributed by atoms with E-state index >= 15 is 0 Å². The van der Waals surface area contributed by atoms with Crippen LogP contribution in [0.1, 0.15) is 70.6 Å². The Hall–Kier alpha value is -0.0800. The highest BCUT2D eigenvalue weighted by Gasteiger charge is 2.38. The summed E-state index contributed by atoms with van der Waals surface area (Å²) in [5.41, 5.74) is 7.50. The fourth-order valence-corrected chi connectivity index (χ4v) is 4.67. The zero-order valence-electron chi connectivity index (χ0n) is 11.9. The zero-order valence-corrected chi connectivity index (χ0v) is 11.9. The molecule has 2 aliphatic carbocycles. The van der Waals surface area contributed by atoms with Crippen molar-refractivity contribution in [2.45, 2.75) is 76.2 Å². The molecule has 0 unspecified atom stereocenters. The largest absolute Gasteiger partial charge is 0.324 e. The topological polar surface area (TPSA) is 29.3 Å². The van der Waals surface area contributed by atoms with E-state index in [1.165, 1.54) is 90.3 Å². The standard InChI is InChI=1S/C16H30N2/c17-16(8-2-1-3-9-16)14-18-12-10-15(11-13-18)6-4-5-7-15/h1-14,17H2. The molecule has 3 fully saturated rings. The Morgan fingerprint density at radius 3 is 1.89 bits per heavy atom. The molecule has 0 aromatic heterocycles. The van der Waals surface area contributed by atoms with E-state index in [1.807, 2.05) is 0 Å². The summed E-state index contributed by atoms with van der Waals surface area (Å²) < 4.78 is 0. The average Bonchev–Trinajstić information content (AvgIpc) is 2.82. The molecule has 0 radical (unpaired) electrons. The van der Waals surface area contributed by atoms with Crippen molar-refractivity contribution < 1.29 is 0 Å². The number of nitrogens with zero attached hydrogens (tertiary/aromatic N) is 1. The van der Waals surface area contributed by atoms with E-state index in [4.69, 9.17) is 5.73 Å². The second-order valence-electron chi connectivity index (χ2n) is 7.41. The highest BCUT2D eigenvalue weighted by molar-refractivity contribution is 4.94. The lowest BCUT2D eigenvalue weighted by molar-refractivity contribution is 0.0807. The van der Waals surface area contributed by atoms with Gasteiger partial charge in [-0.05, 0) is 57.0 Å². The van der Waals surface area contributed by atoms with Crippen LogP contribution in [0.25, 0.3) is 0 Å². The summed E-state index contributed by atoms with van der Waals surface area (Å²) in [6.07, 6.45) is 15.5. The first-order valence-corrected chi connectivity index (χ1v) is 8.21. The van der Waals surface area contributed by atoms with Gasteiger partial charge in [0.15, 0.2) is 0 Å². The molecule has 1 heterocycles. The fourth-order valence-electron chi connectivity index (χ4n) is 4.67. The molecule has 1 spiro atoms. The van der Waals surface area contributed by atoms with Gasteiger partial charge in [0.05, 0.1) is 0 Å². The van der Waals surface area contributed by atoms with Gasteiger partial charge >= 0.3 is 0 Å². The van der Waals surface area contributed by atoms with Gasteiger partial charge in [-0.2, -0.15) is 0 Å². The van der Waals surface area contributed by atoms with Crippen molar-refractivity contribution in [1.82, 2.24) is 4.90 Å². The molecular weight excluding hydrogens is 220 g/mol. The van der Waals surface area contributed by atoms with Crippen LogP contribution >= 0.6 is 0 Å². The first-order chi connectivity index (χ1) is 8.70. The van der Waals surface area contributed by atoms with Crippen LogP contribution in [0.4, 0.5) is 0 Å². The zero-order chi connectivity index (χ0) is 12.5. The number of likely N-dealkylation sites (tertiary alicyclic amines) is 1. The van der Waals surface area contributed by atoms with Gasteiger partial charge in [0.2, 0.25) is 0 Å². The molecule has 18 heavy (non-hydrogen) atoms. The Kier molecular flexibility index (Phi) is 3.68. The van der Waals surface area contributed by atoms with Gasteiger partial charge in [0.25, 0.3) is 0 Å². The normalized spacial score (nSPS) is 31.8. The summed E-state index contributed by atoms with van der Waals surface area (Å²) in [5.74, 6) is 0. The lowest BCUT2D eigenvalue weighted by Crippen LogP contribution is -2.53. The molecule has 2 N–H and O–H groups in total. The van der Waals surface area contributed by atoms with Crippen LogP contribution in [0.5, 0.6) is 0 Å². The minimum atomic E-state index is 0.151. The van der Waals surface area contributed by atoms with Crippen LogP contribution in [0.3, 0.4) is 0 Å². The predicted octanol–water partition coefficient (Wildman–Crippen LogP) is 3.30. The summed E-state index contributed by atoms with van der Waals surface area (Å²) in [7, 11) is 0. The Labute approximate surface area is 112 Å². The van der Waals surface area contributed by atoms with Gasteiger partial charge in [-0.3, -0.25) is 0 Å². The van der Waals surface area contributed by atoms with Crippen LogP contribution < -0.4 is 5.73 Å². The van der Waals surface area contributed by atoms with Gasteiger partial charge in [0, 0.05) is 12.1 Å². The molecule has 3 rings (SSSR count). The SMILES string of the molecule is NC1(CN2CCC3(CCCC3)CC2)CCCCC1. The lowest BCUT2D eigenvalue weighted by Gasteiger charge is -2.44. The van der Waals surface area contributed by atoms with Crippen LogP contribution in [0.15, 0.2) is 0 Å². The third kappa shape index (κ3) is 2.75. The molecule has 2 heteroatoms. The maximum atomic E-state index is 6.59. The van der Waals surface area contributed by atoms with Crippen LogP contribution in [-0.2, 0) is 0 Å². The minimum absolute atomic E-state index is 0.151. The van der Waals surface area contributed by atoms with E-state index < -0.39 is 0 Å². The number of hydrogen-bond donors (Lipinski definition) is 1. The second-order valence-corrected chi connectivity index (χ2v) is 7.41. The van der Waals surface area contributed by atoms with Crippen molar-refractivity contribution in [2.75, 3.05) is 19.6 Å². The van der Waals surface area contributed by atoms with Crippen LogP contribution in [0.2, 0.25) is 0 Å². The fraction of sp³-hybridized carbons (Fsp3) is 1.00. The van der Waals surface area contributed by atoms with Crippen LogP contribution in [0, 0.1) is 5.41 Å². The molecule has 0 aromatic rings. The van der Waals surface area contributed by atoms with Gasteiger partial charge in [-0.25, -0.2) is 0 Å². The third-order valence-corrected chi connectivity index (χ3v) is 5.97. The van der Waals surface area contributed by atoms with E-state index in [1.54, 1.807) is 0 Å². The molecule has 2 nitrogen and oxygen atoms in total. The maximum absolute atomic E-state index is 6.59. The Balaban J connectivity index is 1.50. The van der Waals surface area contributed by atoms with Gasteiger partial charge in [-0.1, -0.05) is 32.1 Å². The molecule has 104 valence electrons. The van der Waals surface area contributed by atoms with Gasteiger partial charge in [-0.15, -0.1) is 0 Å². The quantitative estimate of drug-likeness (QED) is 0.815. The highest BCUT2D eigenvalue weighted by Crippen LogP contribution is 2.46. The summed E-state index contributed by atoms with van der Waals surface area (Å²) in [6, 6.07) is 0. The molecule has 0 atom stereocenters. The maximum Gasteiger partial charge on any atom is 0.0283 e. The predicted molar refractivity (Wildman–Crippen MR) is 76.6 cm³/mol. The van der Waals surface area contributed by atoms with Crippen LogP contribution in [-0.4, -0.2) is 30.1 Å².